The van der Waals surface area contributed by atoms with Gasteiger partial charge in [0.2, 0.25) is 0 Å². The van der Waals surface area contributed by atoms with Gasteiger partial charge in [0.05, 0.1) is 18.7 Å². The highest BCUT2D eigenvalue weighted by atomic mass is 79.9. The Bertz CT molecular complexity index is 413. The second kappa shape index (κ2) is 7.06. The molecule has 0 radical (unpaired) electrons. The van der Waals surface area contributed by atoms with Gasteiger partial charge in [0.25, 0.3) is 0 Å². The van der Waals surface area contributed by atoms with Gasteiger partial charge in [-0.1, -0.05) is 15.9 Å². The number of esters is 1. The van der Waals surface area contributed by atoms with Crippen molar-refractivity contribution in [2.75, 3.05) is 19.6 Å². The predicted octanol–water partition coefficient (Wildman–Crippen LogP) is 2.06. The smallest absolute Gasteiger partial charge is 0.338 e. The van der Waals surface area contributed by atoms with Crippen LogP contribution in [0.2, 0.25) is 0 Å². The van der Waals surface area contributed by atoms with Crippen LogP contribution in [0, 0.1) is 0 Å². The quantitative estimate of drug-likeness (QED) is 0.859. The maximum Gasteiger partial charge on any atom is 0.338 e. The molecule has 0 bridgehead atoms. The summed E-state index contributed by atoms with van der Waals surface area (Å²) in [6.45, 7) is 5.32. The second-order valence-corrected chi connectivity index (χ2v) is 6.15. The molecule has 0 aromatic heterocycles. The molecular weight excluding hydrogens is 306 g/mol. The van der Waals surface area contributed by atoms with Gasteiger partial charge in [-0.25, -0.2) is 4.79 Å². The molecule has 2 rings (SSSR count). The molecule has 19 heavy (non-hydrogen) atoms. The summed E-state index contributed by atoms with van der Waals surface area (Å²) in [7, 11) is 0. The number of rotatable bonds is 4. The summed E-state index contributed by atoms with van der Waals surface area (Å²) < 4.78 is 6.47. The summed E-state index contributed by atoms with van der Waals surface area (Å²) in [6, 6.07) is 7.29. The number of nitrogens with one attached hydrogen (secondary N) is 1. The molecule has 0 saturated carbocycles. The maximum absolute atomic E-state index is 12.0. The number of hydrogen-bond donors (Lipinski definition) is 1. The first kappa shape index (κ1) is 14.5. The molecule has 1 fully saturated rings. The van der Waals surface area contributed by atoms with Crippen LogP contribution in [0.1, 0.15) is 36.5 Å². The monoisotopic (exact) mass is 326 g/mol. The van der Waals surface area contributed by atoms with Crippen molar-refractivity contribution in [1.82, 2.24) is 0 Å². The van der Waals surface area contributed by atoms with Gasteiger partial charge >= 0.3 is 5.97 Å². The molecule has 1 heterocycles. The lowest BCUT2D eigenvalue weighted by Crippen LogP contribution is -3.13. The third-order valence-electron chi connectivity index (χ3n) is 3.52. The molecule has 0 spiro atoms. The number of ether oxygens (including phenoxy) is 1. The fourth-order valence-corrected chi connectivity index (χ4v) is 2.81. The molecular formula is C15H21BrNO2+. The summed E-state index contributed by atoms with van der Waals surface area (Å²) in [5, 5.41) is 0. The van der Waals surface area contributed by atoms with Gasteiger partial charge < -0.3 is 9.64 Å². The Kier molecular flexibility index (Phi) is 5.40. The Morgan fingerprint density at radius 3 is 2.53 bits per heavy atom. The van der Waals surface area contributed by atoms with Crippen molar-refractivity contribution < 1.29 is 14.4 Å². The molecule has 1 aromatic rings. The van der Waals surface area contributed by atoms with E-state index in [4.69, 9.17) is 4.74 Å². The highest BCUT2D eigenvalue weighted by Gasteiger charge is 2.19. The van der Waals surface area contributed by atoms with Crippen molar-refractivity contribution in [3.05, 3.63) is 34.3 Å². The number of carbonyl (C=O) groups is 1. The van der Waals surface area contributed by atoms with E-state index in [2.05, 4.69) is 15.9 Å². The number of piperidine rings is 1. The van der Waals surface area contributed by atoms with Crippen LogP contribution >= 0.6 is 15.9 Å². The third-order valence-corrected chi connectivity index (χ3v) is 4.05. The first-order valence-electron chi connectivity index (χ1n) is 6.95. The molecule has 1 aromatic carbocycles. The van der Waals surface area contributed by atoms with E-state index in [1.54, 1.807) is 17.0 Å². The van der Waals surface area contributed by atoms with Crippen molar-refractivity contribution in [3.8, 4) is 0 Å². The SMILES string of the molecule is CC(C[NH+]1CCCCC1)OC(=O)c1ccc(Br)cc1. The second-order valence-electron chi connectivity index (χ2n) is 5.24. The minimum Gasteiger partial charge on any atom is -0.453 e. The van der Waals surface area contributed by atoms with Gasteiger partial charge in [-0.2, -0.15) is 0 Å². The first-order chi connectivity index (χ1) is 9.15. The molecule has 3 nitrogen and oxygen atoms in total. The van der Waals surface area contributed by atoms with Crippen LogP contribution in [-0.2, 0) is 4.74 Å². The largest absolute Gasteiger partial charge is 0.453 e. The lowest BCUT2D eigenvalue weighted by Gasteiger charge is -2.26. The van der Waals surface area contributed by atoms with Crippen molar-refractivity contribution >= 4 is 21.9 Å². The van der Waals surface area contributed by atoms with E-state index in [9.17, 15) is 4.79 Å². The summed E-state index contributed by atoms with van der Waals surface area (Å²) in [5.41, 5.74) is 0.615. The average molecular weight is 327 g/mol. The highest BCUT2D eigenvalue weighted by molar-refractivity contribution is 9.10. The van der Waals surface area contributed by atoms with Gasteiger partial charge in [0.15, 0.2) is 0 Å². The van der Waals surface area contributed by atoms with Crippen LogP contribution in [0.5, 0.6) is 0 Å². The Balaban J connectivity index is 1.82. The highest BCUT2D eigenvalue weighted by Crippen LogP contribution is 2.11. The van der Waals surface area contributed by atoms with E-state index in [0.29, 0.717) is 5.56 Å². The Morgan fingerprint density at radius 2 is 1.89 bits per heavy atom. The van der Waals surface area contributed by atoms with Gasteiger partial charge in [0, 0.05) is 4.47 Å². The molecule has 4 heteroatoms. The van der Waals surface area contributed by atoms with Crippen LogP contribution in [0.3, 0.4) is 0 Å². The normalized spacial score (nSPS) is 18.0. The molecule has 1 unspecified atom stereocenters. The Labute approximate surface area is 123 Å². The molecule has 1 atom stereocenters. The number of likely N-dealkylation sites (tertiary alicyclic amines) is 1. The molecule has 1 N–H and O–H groups in total. The summed E-state index contributed by atoms with van der Waals surface area (Å²) in [6.07, 6.45) is 3.91. The minimum absolute atomic E-state index is 0.0238. The fourth-order valence-electron chi connectivity index (χ4n) is 2.54. The standard InChI is InChI=1S/C15H20BrNO2/c1-12(11-17-9-3-2-4-10-17)19-15(18)13-5-7-14(16)8-6-13/h5-8,12H,2-4,9-11H2,1H3/p+1. The van der Waals surface area contributed by atoms with E-state index < -0.39 is 0 Å². The molecule has 104 valence electrons. The molecule has 1 aliphatic heterocycles. The van der Waals surface area contributed by atoms with E-state index in [1.165, 1.54) is 32.4 Å². The number of quaternary nitrogens is 1. The van der Waals surface area contributed by atoms with Gasteiger partial charge in [-0.15, -0.1) is 0 Å². The van der Waals surface area contributed by atoms with Crippen LogP contribution in [0.25, 0.3) is 0 Å². The number of halogens is 1. The van der Waals surface area contributed by atoms with Crippen LogP contribution in [0.4, 0.5) is 0 Å². The number of hydrogen-bond acceptors (Lipinski definition) is 2. The molecule has 0 amide bonds. The van der Waals surface area contributed by atoms with Crippen LogP contribution in [0.15, 0.2) is 28.7 Å². The minimum atomic E-state index is -0.226. The zero-order valence-corrected chi connectivity index (χ0v) is 12.9. The average Bonchev–Trinajstić information content (AvgIpc) is 2.40. The van der Waals surface area contributed by atoms with Crippen molar-refractivity contribution in [2.24, 2.45) is 0 Å². The molecule has 1 aliphatic rings. The van der Waals surface area contributed by atoms with Crippen molar-refractivity contribution in [2.45, 2.75) is 32.3 Å². The first-order valence-corrected chi connectivity index (χ1v) is 7.74. The lowest BCUT2D eigenvalue weighted by atomic mass is 10.1. The van der Waals surface area contributed by atoms with E-state index in [-0.39, 0.29) is 12.1 Å². The maximum atomic E-state index is 12.0. The van der Waals surface area contributed by atoms with Gasteiger partial charge in [-0.05, 0) is 50.5 Å². The van der Waals surface area contributed by atoms with Crippen LogP contribution in [-0.4, -0.2) is 31.7 Å². The number of carbonyl (C=O) groups excluding carboxylic acids is 1. The zero-order chi connectivity index (χ0) is 13.7. The summed E-state index contributed by atoms with van der Waals surface area (Å²) in [5.74, 6) is -0.226. The fraction of sp³-hybridized carbons (Fsp3) is 0.533. The summed E-state index contributed by atoms with van der Waals surface area (Å²) in [4.78, 5) is 13.5. The Hall–Kier alpha value is -0.870. The van der Waals surface area contributed by atoms with Gasteiger partial charge in [0.1, 0.15) is 12.6 Å². The lowest BCUT2D eigenvalue weighted by molar-refractivity contribution is -0.907. The number of benzene rings is 1. The van der Waals surface area contributed by atoms with Crippen LogP contribution < -0.4 is 4.90 Å². The summed E-state index contributed by atoms with van der Waals surface area (Å²) >= 11 is 3.36. The van der Waals surface area contributed by atoms with E-state index in [0.717, 1.165) is 11.0 Å². The van der Waals surface area contributed by atoms with E-state index >= 15 is 0 Å². The topological polar surface area (TPSA) is 30.7 Å². The van der Waals surface area contributed by atoms with Crippen molar-refractivity contribution in [1.29, 1.82) is 0 Å². The molecule has 0 aliphatic carbocycles. The third kappa shape index (κ3) is 4.62. The van der Waals surface area contributed by atoms with Gasteiger partial charge in [-0.3, -0.25) is 0 Å². The predicted molar refractivity (Wildman–Crippen MR) is 78.4 cm³/mol. The van der Waals surface area contributed by atoms with E-state index in [1.807, 2.05) is 19.1 Å². The Morgan fingerprint density at radius 1 is 1.26 bits per heavy atom. The zero-order valence-electron chi connectivity index (χ0n) is 11.3. The van der Waals surface area contributed by atoms with Crippen molar-refractivity contribution in [3.63, 3.8) is 0 Å². The molecule has 1 saturated heterocycles.